The molecule has 1 saturated heterocycles. The molecule has 0 amide bonds. The standard InChI is InChI=1S/C12H12ClFOS/c13-10-7-8(14)4-5-9(10)12(15)11-3-1-2-6-16-11/h4-5,7,11H,1-3,6H2. The van der Waals surface area contributed by atoms with Crippen molar-refractivity contribution in [2.75, 3.05) is 5.75 Å². The van der Waals surface area contributed by atoms with Gasteiger partial charge in [0.25, 0.3) is 0 Å². The Morgan fingerprint density at radius 1 is 1.44 bits per heavy atom. The van der Waals surface area contributed by atoms with Crippen LogP contribution in [0.25, 0.3) is 0 Å². The van der Waals surface area contributed by atoms with Crippen LogP contribution in [0.3, 0.4) is 0 Å². The lowest BCUT2D eigenvalue weighted by atomic mass is 10.0. The zero-order valence-corrected chi connectivity index (χ0v) is 10.3. The maximum absolute atomic E-state index is 12.9. The smallest absolute Gasteiger partial charge is 0.177 e. The average Bonchev–Trinajstić information content (AvgIpc) is 2.29. The molecule has 0 bridgehead atoms. The van der Waals surface area contributed by atoms with Crippen LogP contribution in [0.15, 0.2) is 18.2 Å². The monoisotopic (exact) mass is 258 g/mol. The van der Waals surface area contributed by atoms with E-state index in [9.17, 15) is 9.18 Å². The molecule has 1 atom stereocenters. The number of thioether (sulfide) groups is 1. The number of hydrogen-bond donors (Lipinski definition) is 0. The summed E-state index contributed by atoms with van der Waals surface area (Å²) in [4.78, 5) is 12.1. The highest BCUT2D eigenvalue weighted by Crippen LogP contribution is 2.30. The third-order valence-corrected chi connectivity index (χ3v) is 4.36. The molecule has 0 N–H and O–H groups in total. The van der Waals surface area contributed by atoms with Crippen LogP contribution in [0.2, 0.25) is 5.02 Å². The zero-order valence-electron chi connectivity index (χ0n) is 8.71. The molecule has 0 spiro atoms. The first-order valence-electron chi connectivity index (χ1n) is 5.29. The molecule has 1 aromatic rings. The lowest BCUT2D eigenvalue weighted by molar-refractivity contribution is 0.0985. The maximum atomic E-state index is 12.9. The van der Waals surface area contributed by atoms with E-state index < -0.39 is 5.82 Å². The van der Waals surface area contributed by atoms with Crippen LogP contribution in [0.5, 0.6) is 0 Å². The Morgan fingerprint density at radius 3 is 2.88 bits per heavy atom. The fraction of sp³-hybridized carbons (Fsp3) is 0.417. The molecule has 2 rings (SSSR count). The van der Waals surface area contributed by atoms with Gasteiger partial charge in [-0.1, -0.05) is 18.0 Å². The van der Waals surface area contributed by atoms with Crippen LogP contribution in [0.1, 0.15) is 29.6 Å². The fourth-order valence-corrected chi connectivity index (χ4v) is 3.34. The third kappa shape index (κ3) is 2.58. The molecule has 1 aliphatic rings. The number of hydrogen-bond acceptors (Lipinski definition) is 2. The van der Waals surface area contributed by atoms with E-state index in [2.05, 4.69) is 0 Å². The van der Waals surface area contributed by atoms with Gasteiger partial charge in [-0.3, -0.25) is 4.79 Å². The second kappa shape index (κ2) is 5.19. The SMILES string of the molecule is O=C(c1ccc(F)cc1Cl)C1CCCCS1. The first-order valence-corrected chi connectivity index (χ1v) is 6.72. The van der Waals surface area contributed by atoms with Gasteiger partial charge in [0.15, 0.2) is 5.78 Å². The molecule has 1 nitrogen and oxygen atoms in total. The van der Waals surface area contributed by atoms with Gasteiger partial charge in [0, 0.05) is 5.56 Å². The molecule has 0 aliphatic carbocycles. The minimum Gasteiger partial charge on any atom is -0.293 e. The van der Waals surface area contributed by atoms with Gasteiger partial charge in [0.1, 0.15) is 5.82 Å². The van der Waals surface area contributed by atoms with Gasteiger partial charge >= 0.3 is 0 Å². The van der Waals surface area contributed by atoms with Gasteiger partial charge in [-0.25, -0.2) is 4.39 Å². The molecule has 1 aromatic carbocycles. The number of ketones is 1. The summed E-state index contributed by atoms with van der Waals surface area (Å²) >= 11 is 7.55. The lowest BCUT2D eigenvalue weighted by Crippen LogP contribution is -2.21. The number of halogens is 2. The van der Waals surface area contributed by atoms with Gasteiger partial charge in [-0.05, 0) is 36.8 Å². The van der Waals surface area contributed by atoms with Gasteiger partial charge < -0.3 is 0 Å². The molecule has 1 aliphatic heterocycles. The minimum atomic E-state index is -0.405. The highest BCUT2D eigenvalue weighted by atomic mass is 35.5. The summed E-state index contributed by atoms with van der Waals surface area (Å²) in [5, 5.41) is 0.216. The maximum Gasteiger partial charge on any atom is 0.177 e. The fourth-order valence-electron chi connectivity index (χ4n) is 1.81. The Balaban J connectivity index is 2.19. The Bertz CT molecular complexity index is 402. The van der Waals surface area contributed by atoms with E-state index in [1.807, 2.05) is 0 Å². The van der Waals surface area contributed by atoms with E-state index in [-0.39, 0.29) is 16.1 Å². The highest BCUT2D eigenvalue weighted by molar-refractivity contribution is 8.00. The summed E-state index contributed by atoms with van der Waals surface area (Å²) in [6.07, 6.45) is 3.16. The summed E-state index contributed by atoms with van der Waals surface area (Å²) in [5.74, 6) is 0.655. The van der Waals surface area contributed by atoms with E-state index >= 15 is 0 Å². The molecule has 4 heteroatoms. The second-order valence-electron chi connectivity index (χ2n) is 3.84. The molecule has 0 saturated carbocycles. The van der Waals surface area contributed by atoms with Crippen LogP contribution in [-0.4, -0.2) is 16.8 Å². The quantitative estimate of drug-likeness (QED) is 0.748. The Morgan fingerprint density at radius 2 is 2.25 bits per heavy atom. The van der Waals surface area contributed by atoms with Crippen LogP contribution >= 0.6 is 23.4 Å². The van der Waals surface area contributed by atoms with Gasteiger partial charge in [-0.15, -0.1) is 0 Å². The number of Topliss-reactive ketones (excluding diaryl/α,β-unsaturated/α-hetero) is 1. The van der Waals surface area contributed by atoms with E-state index in [0.29, 0.717) is 5.56 Å². The highest BCUT2D eigenvalue weighted by Gasteiger charge is 2.24. The Kier molecular flexibility index (Phi) is 3.87. The van der Waals surface area contributed by atoms with Crippen molar-refractivity contribution < 1.29 is 9.18 Å². The molecule has 1 heterocycles. The zero-order chi connectivity index (χ0) is 11.5. The van der Waals surface area contributed by atoms with E-state index in [0.717, 1.165) is 18.6 Å². The summed E-state index contributed by atoms with van der Waals surface area (Å²) in [7, 11) is 0. The van der Waals surface area contributed by atoms with Crippen molar-refractivity contribution in [1.82, 2.24) is 0 Å². The van der Waals surface area contributed by atoms with E-state index in [4.69, 9.17) is 11.6 Å². The summed E-state index contributed by atoms with van der Waals surface area (Å²) in [5.41, 5.74) is 0.447. The Hall–Kier alpha value is -0.540. The molecule has 1 fully saturated rings. The molecule has 16 heavy (non-hydrogen) atoms. The molecule has 1 unspecified atom stereocenters. The normalized spacial score (nSPS) is 20.8. The summed E-state index contributed by atoms with van der Waals surface area (Å²) in [6, 6.07) is 3.96. The largest absolute Gasteiger partial charge is 0.293 e. The topological polar surface area (TPSA) is 17.1 Å². The second-order valence-corrected chi connectivity index (χ2v) is 5.56. The first kappa shape index (κ1) is 11.9. The third-order valence-electron chi connectivity index (χ3n) is 2.67. The van der Waals surface area contributed by atoms with Crippen molar-refractivity contribution in [2.24, 2.45) is 0 Å². The van der Waals surface area contributed by atoms with Gasteiger partial charge in [0.2, 0.25) is 0 Å². The summed E-state index contributed by atoms with van der Waals surface area (Å²) < 4.78 is 12.9. The van der Waals surface area contributed by atoms with Crippen LogP contribution in [0.4, 0.5) is 4.39 Å². The number of rotatable bonds is 2. The number of carbonyl (C=O) groups excluding carboxylic acids is 1. The lowest BCUT2D eigenvalue weighted by Gasteiger charge is -2.20. The van der Waals surface area contributed by atoms with Crippen LogP contribution in [0, 0.1) is 5.82 Å². The molecule has 86 valence electrons. The van der Waals surface area contributed by atoms with Crippen molar-refractivity contribution in [2.45, 2.75) is 24.5 Å². The number of benzene rings is 1. The van der Waals surface area contributed by atoms with Gasteiger partial charge in [-0.2, -0.15) is 11.8 Å². The molecule has 0 radical (unpaired) electrons. The van der Waals surface area contributed by atoms with Crippen molar-refractivity contribution >= 4 is 29.1 Å². The summed E-state index contributed by atoms with van der Waals surface area (Å²) in [6.45, 7) is 0. The van der Waals surface area contributed by atoms with Crippen molar-refractivity contribution in [3.05, 3.63) is 34.6 Å². The predicted octanol–water partition coefficient (Wildman–Crippen LogP) is 3.95. The molecular formula is C12H12ClFOS. The van der Waals surface area contributed by atoms with Crippen molar-refractivity contribution in [3.8, 4) is 0 Å². The van der Waals surface area contributed by atoms with Gasteiger partial charge in [0.05, 0.1) is 10.3 Å². The molecular weight excluding hydrogens is 247 g/mol. The average molecular weight is 259 g/mol. The predicted molar refractivity (Wildman–Crippen MR) is 65.8 cm³/mol. The van der Waals surface area contributed by atoms with Crippen LogP contribution in [-0.2, 0) is 0 Å². The van der Waals surface area contributed by atoms with E-state index in [1.165, 1.54) is 24.6 Å². The van der Waals surface area contributed by atoms with Crippen molar-refractivity contribution in [3.63, 3.8) is 0 Å². The number of carbonyl (C=O) groups is 1. The first-order chi connectivity index (χ1) is 7.68. The van der Waals surface area contributed by atoms with Crippen LogP contribution < -0.4 is 0 Å². The molecule has 0 aromatic heterocycles. The minimum absolute atomic E-state index is 0.00305. The Labute approximate surface area is 103 Å². The van der Waals surface area contributed by atoms with Crippen molar-refractivity contribution in [1.29, 1.82) is 0 Å². The van der Waals surface area contributed by atoms with E-state index in [1.54, 1.807) is 11.8 Å².